The van der Waals surface area contributed by atoms with Crippen molar-refractivity contribution < 1.29 is 8.42 Å². The number of sulfone groups is 1. The van der Waals surface area contributed by atoms with Crippen molar-refractivity contribution in [3.8, 4) is 0 Å². The van der Waals surface area contributed by atoms with Crippen LogP contribution in [0.15, 0.2) is 12.2 Å². The molecule has 0 amide bonds. The molecule has 0 aromatic rings. The molecule has 0 aromatic heterocycles. The van der Waals surface area contributed by atoms with Crippen LogP contribution in [0.3, 0.4) is 0 Å². The van der Waals surface area contributed by atoms with Gasteiger partial charge in [-0.25, -0.2) is 8.42 Å². The van der Waals surface area contributed by atoms with Crippen LogP contribution >= 0.6 is 0 Å². The van der Waals surface area contributed by atoms with Gasteiger partial charge in [-0.3, -0.25) is 0 Å². The molecule has 72 valence electrons. The van der Waals surface area contributed by atoms with Crippen LogP contribution in [0.2, 0.25) is 0 Å². The Labute approximate surface area is 74.6 Å². The highest BCUT2D eigenvalue weighted by Crippen LogP contribution is 1.96. The molecule has 0 radical (unpaired) electrons. The van der Waals surface area contributed by atoms with E-state index in [-0.39, 0.29) is 11.5 Å². The van der Waals surface area contributed by atoms with Crippen molar-refractivity contribution in [1.29, 1.82) is 0 Å². The van der Waals surface area contributed by atoms with Gasteiger partial charge in [0.1, 0.15) is 0 Å². The summed E-state index contributed by atoms with van der Waals surface area (Å²) in [5.41, 5.74) is 5.21. The zero-order valence-corrected chi connectivity index (χ0v) is 8.31. The summed E-state index contributed by atoms with van der Waals surface area (Å²) in [7, 11) is -2.85. The van der Waals surface area contributed by atoms with Gasteiger partial charge in [0, 0.05) is 0 Å². The number of rotatable bonds is 6. The molecule has 2 N–H and O–H groups in total. The summed E-state index contributed by atoms with van der Waals surface area (Å²) in [6.07, 6.45) is 4.90. The molecule has 0 aliphatic heterocycles. The van der Waals surface area contributed by atoms with Crippen molar-refractivity contribution in [2.24, 2.45) is 5.73 Å². The quantitative estimate of drug-likeness (QED) is 0.629. The Morgan fingerprint density at radius 3 is 2.50 bits per heavy atom. The minimum Gasteiger partial charge on any atom is -0.330 e. The van der Waals surface area contributed by atoms with Gasteiger partial charge in [0.2, 0.25) is 0 Å². The zero-order valence-electron chi connectivity index (χ0n) is 7.49. The topological polar surface area (TPSA) is 60.2 Å². The summed E-state index contributed by atoms with van der Waals surface area (Å²) >= 11 is 0. The first-order valence-corrected chi connectivity index (χ1v) is 5.96. The molecule has 0 aromatic carbocycles. The Morgan fingerprint density at radius 2 is 2.00 bits per heavy atom. The van der Waals surface area contributed by atoms with Crippen LogP contribution in [-0.4, -0.2) is 26.5 Å². The van der Waals surface area contributed by atoms with E-state index < -0.39 is 9.84 Å². The SMILES string of the molecule is CC=CCCS(=O)(=O)CCCN. The second kappa shape index (κ2) is 6.20. The van der Waals surface area contributed by atoms with Crippen LogP contribution in [0.1, 0.15) is 19.8 Å². The summed E-state index contributed by atoms with van der Waals surface area (Å²) in [5, 5.41) is 0. The average molecular weight is 191 g/mol. The predicted molar refractivity (Wildman–Crippen MR) is 51.8 cm³/mol. The second-order valence-corrected chi connectivity index (χ2v) is 4.96. The van der Waals surface area contributed by atoms with Gasteiger partial charge in [-0.2, -0.15) is 0 Å². The fraction of sp³-hybridized carbons (Fsp3) is 0.750. The third kappa shape index (κ3) is 6.37. The largest absolute Gasteiger partial charge is 0.330 e. The fourth-order valence-electron chi connectivity index (χ4n) is 0.820. The normalized spacial score (nSPS) is 12.5. The average Bonchev–Trinajstić information content (AvgIpc) is 2.01. The Balaban J connectivity index is 3.72. The Morgan fingerprint density at radius 1 is 1.33 bits per heavy atom. The third-order valence-corrected chi connectivity index (χ3v) is 3.26. The van der Waals surface area contributed by atoms with Gasteiger partial charge >= 0.3 is 0 Å². The standard InChI is InChI=1S/C8H17NO2S/c1-2-3-4-7-12(10,11)8-5-6-9/h2-3H,4-9H2,1H3. The first kappa shape index (κ1) is 11.6. The Kier molecular flexibility index (Phi) is 6.02. The molecule has 4 heteroatoms. The van der Waals surface area contributed by atoms with Crippen molar-refractivity contribution in [1.82, 2.24) is 0 Å². The summed E-state index contributed by atoms with van der Waals surface area (Å²) in [6, 6.07) is 0. The molecule has 0 saturated carbocycles. The first-order valence-electron chi connectivity index (χ1n) is 4.14. The van der Waals surface area contributed by atoms with Gasteiger partial charge in [0.05, 0.1) is 11.5 Å². The van der Waals surface area contributed by atoms with E-state index in [1.165, 1.54) is 0 Å². The van der Waals surface area contributed by atoms with E-state index in [1.54, 1.807) is 0 Å². The van der Waals surface area contributed by atoms with E-state index in [9.17, 15) is 8.42 Å². The van der Waals surface area contributed by atoms with Crippen LogP contribution in [-0.2, 0) is 9.84 Å². The highest BCUT2D eigenvalue weighted by Gasteiger charge is 2.07. The van der Waals surface area contributed by atoms with Crippen LogP contribution in [0.25, 0.3) is 0 Å². The van der Waals surface area contributed by atoms with Crippen molar-refractivity contribution in [2.45, 2.75) is 19.8 Å². The lowest BCUT2D eigenvalue weighted by Gasteiger charge is -1.99. The lowest BCUT2D eigenvalue weighted by Crippen LogP contribution is -2.14. The minimum atomic E-state index is -2.85. The van der Waals surface area contributed by atoms with Crippen molar-refractivity contribution in [3.05, 3.63) is 12.2 Å². The maximum atomic E-state index is 11.2. The van der Waals surface area contributed by atoms with Crippen LogP contribution in [0.4, 0.5) is 0 Å². The highest BCUT2D eigenvalue weighted by molar-refractivity contribution is 7.91. The lowest BCUT2D eigenvalue weighted by atomic mass is 10.4. The summed E-state index contributed by atoms with van der Waals surface area (Å²) in [6.45, 7) is 2.33. The molecule has 0 fully saturated rings. The molecular formula is C8H17NO2S. The van der Waals surface area contributed by atoms with Crippen molar-refractivity contribution in [3.63, 3.8) is 0 Å². The van der Waals surface area contributed by atoms with Gasteiger partial charge in [-0.1, -0.05) is 12.2 Å². The molecule has 0 unspecified atom stereocenters. The fourth-order valence-corrected chi connectivity index (χ4v) is 2.13. The summed E-state index contributed by atoms with van der Waals surface area (Å²) in [4.78, 5) is 0. The van der Waals surface area contributed by atoms with E-state index in [0.29, 0.717) is 19.4 Å². The minimum absolute atomic E-state index is 0.223. The predicted octanol–water partition coefficient (Wildman–Crippen LogP) is 0.716. The lowest BCUT2D eigenvalue weighted by molar-refractivity contribution is 0.593. The Bertz CT molecular complexity index is 219. The number of hydrogen-bond acceptors (Lipinski definition) is 3. The molecule has 0 bridgehead atoms. The van der Waals surface area contributed by atoms with Crippen LogP contribution < -0.4 is 5.73 Å². The summed E-state index contributed by atoms with van der Waals surface area (Å²) in [5.74, 6) is 0.471. The van der Waals surface area contributed by atoms with Crippen LogP contribution in [0.5, 0.6) is 0 Å². The second-order valence-electron chi connectivity index (χ2n) is 2.65. The molecule has 0 spiro atoms. The number of allylic oxidation sites excluding steroid dienone is 2. The van der Waals surface area contributed by atoms with E-state index in [2.05, 4.69) is 0 Å². The molecular weight excluding hydrogens is 174 g/mol. The van der Waals surface area contributed by atoms with Crippen LogP contribution in [0, 0.1) is 0 Å². The van der Waals surface area contributed by atoms with Gasteiger partial charge in [-0.05, 0) is 26.3 Å². The molecule has 0 heterocycles. The molecule has 0 aliphatic carbocycles. The van der Waals surface area contributed by atoms with E-state index in [0.717, 1.165) is 0 Å². The van der Waals surface area contributed by atoms with E-state index in [4.69, 9.17) is 5.73 Å². The molecule has 3 nitrogen and oxygen atoms in total. The van der Waals surface area contributed by atoms with E-state index in [1.807, 2.05) is 19.1 Å². The van der Waals surface area contributed by atoms with Gasteiger partial charge in [-0.15, -0.1) is 0 Å². The molecule has 0 atom stereocenters. The first-order chi connectivity index (χ1) is 5.62. The maximum Gasteiger partial charge on any atom is 0.150 e. The molecule has 0 aliphatic rings. The molecule has 0 rings (SSSR count). The zero-order chi connectivity index (χ0) is 9.45. The highest BCUT2D eigenvalue weighted by atomic mass is 32.2. The van der Waals surface area contributed by atoms with Gasteiger partial charge in [0.15, 0.2) is 9.84 Å². The monoisotopic (exact) mass is 191 g/mol. The maximum absolute atomic E-state index is 11.2. The van der Waals surface area contributed by atoms with Gasteiger partial charge in [0.25, 0.3) is 0 Å². The van der Waals surface area contributed by atoms with Gasteiger partial charge < -0.3 is 5.73 Å². The number of nitrogens with two attached hydrogens (primary N) is 1. The number of hydrogen-bond donors (Lipinski definition) is 1. The third-order valence-electron chi connectivity index (χ3n) is 1.49. The smallest absolute Gasteiger partial charge is 0.150 e. The molecule has 0 saturated heterocycles. The Hall–Kier alpha value is -0.350. The van der Waals surface area contributed by atoms with Crippen molar-refractivity contribution >= 4 is 9.84 Å². The van der Waals surface area contributed by atoms with Crippen molar-refractivity contribution in [2.75, 3.05) is 18.1 Å². The summed E-state index contributed by atoms with van der Waals surface area (Å²) < 4.78 is 22.3. The molecule has 12 heavy (non-hydrogen) atoms. The van der Waals surface area contributed by atoms with E-state index >= 15 is 0 Å².